The largest absolute Gasteiger partial charge is 0.497 e. The molecule has 4 aromatic carbocycles. The first-order chi connectivity index (χ1) is 18.1. The summed E-state index contributed by atoms with van der Waals surface area (Å²) in [5.41, 5.74) is 2.65. The first kappa shape index (κ1) is 25.4. The Hall–Kier alpha value is -4.65. The lowest BCUT2D eigenvalue weighted by Gasteiger charge is -2.14. The Morgan fingerprint density at radius 3 is 2.11 bits per heavy atom. The van der Waals surface area contributed by atoms with Gasteiger partial charge in [-0.1, -0.05) is 24.3 Å². The van der Waals surface area contributed by atoms with Crippen molar-refractivity contribution in [3.05, 3.63) is 103 Å². The fourth-order valence-electron chi connectivity index (χ4n) is 3.53. The van der Waals surface area contributed by atoms with Crippen molar-refractivity contribution in [1.29, 1.82) is 0 Å². The van der Waals surface area contributed by atoms with Gasteiger partial charge in [-0.25, -0.2) is 0 Å². The average molecular weight is 499 g/mol. The summed E-state index contributed by atoms with van der Waals surface area (Å²) in [5, 5.41) is 6.20. The van der Waals surface area contributed by atoms with E-state index in [1.54, 1.807) is 31.4 Å². The molecule has 0 aromatic heterocycles. The average Bonchev–Trinajstić information content (AvgIpc) is 2.93. The van der Waals surface area contributed by atoms with Gasteiger partial charge in [0.1, 0.15) is 17.2 Å². The van der Waals surface area contributed by atoms with E-state index < -0.39 is 0 Å². The van der Waals surface area contributed by atoms with Crippen molar-refractivity contribution in [2.75, 3.05) is 31.0 Å². The lowest BCUT2D eigenvalue weighted by molar-refractivity contribution is -0.118. The Balaban J connectivity index is 1.30. The summed E-state index contributed by atoms with van der Waals surface area (Å²) < 4.78 is 22.5. The van der Waals surface area contributed by atoms with E-state index in [0.717, 1.165) is 28.5 Å². The predicted molar refractivity (Wildman–Crippen MR) is 145 cm³/mol. The second-order valence-electron chi connectivity index (χ2n) is 8.07. The summed E-state index contributed by atoms with van der Waals surface area (Å²) in [7, 11) is 1.60. The van der Waals surface area contributed by atoms with Crippen LogP contribution in [0.25, 0.3) is 0 Å². The van der Waals surface area contributed by atoms with Gasteiger partial charge in [-0.3, -0.25) is 4.79 Å². The molecule has 7 nitrogen and oxygen atoms in total. The fraction of sp³-hybridized carbons (Fsp3) is 0.167. The standard InChI is InChI=1S/C30H30N2O5/c1-3-35-29-19-22(20-31-23-10-16-27(17-11-23)37-26-7-5-4-6-8-26)9-18-28(29)36-21-30(33)32-24-12-14-25(34-2)15-13-24/h4-19,31H,3,20-21H2,1-2H3,(H,32,33). The van der Waals surface area contributed by atoms with Gasteiger partial charge in [-0.15, -0.1) is 0 Å². The van der Waals surface area contributed by atoms with Crippen LogP contribution in [0, 0.1) is 0 Å². The second kappa shape index (κ2) is 12.9. The number of amides is 1. The highest BCUT2D eigenvalue weighted by Crippen LogP contribution is 2.29. The van der Waals surface area contributed by atoms with Crippen LogP contribution in [0.4, 0.5) is 11.4 Å². The number of anilines is 2. The number of methoxy groups -OCH3 is 1. The van der Waals surface area contributed by atoms with Crippen LogP contribution >= 0.6 is 0 Å². The van der Waals surface area contributed by atoms with Crippen LogP contribution < -0.4 is 29.6 Å². The first-order valence-corrected chi connectivity index (χ1v) is 12.0. The molecule has 190 valence electrons. The molecule has 0 saturated carbocycles. The molecule has 0 aliphatic heterocycles. The Morgan fingerprint density at radius 2 is 1.41 bits per heavy atom. The summed E-state index contributed by atoms with van der Waals surface area (Å²) in [6, 6.07) is 30.3. The second-order valence-corrected chi connectivity index (χ2v) is 8.07. The molecule has 0 atom stereocenters. The van der Waals surface area contributed by atoms with E-state index in [-0.39, 0.29) is 12.5 Å². The smallest absolute Gasteiger partial charge is 0.262 e. The van der Waals surface area contributed by atoms with Crippen LogP contribution in [0.2, 0.25) is 0 Å². The summed E-state index contributed by atoms with van der Waals surface area (Å²) in [6.07, 6.45) is 0. The summed E-state index contributed by atoms with van der Waals surface area (Å²) in [6.45, 7) is 2.84. The Bertz CT molecular complexity index is 1280. The topological polar surface area (TPSA) is 78.0 Å². The minimum Gasteiger partial charge on any atom is -0.497 e. The SMILES string of the molecule is CCOc1cc(CNc2ccc(Oc3ccccc3)cc2)ccc1OCC(=O)Nc1ccc(OC)cc1. The van der Waals surface area contributed by atoms with E-state index in [0.29, 0.717) is 30.3 Å². The molecule has 0 radical (unpaired) electrons. The highest BCUT2D eigenvalue weighted by molar-refractivity contribution is 5.91. The molecule has 0 heterocycles. The van der Waals surface area contributed by atoms with Crippen LogP contribution in [-0.2, 0) is 11.3 Å². The molecule has 0 aliphatic rings. The molecule has 0 bridgehead atoms. The zero-order valence-electron chi connectivity index (χ0n) is 20.9. The maximum atomic E-state index is 12.3. The van der Waals surface area contributed by atoms with Crippen molar-refractivity contribution in [2.24, 2.45) is 0 Å². The molecule has 0 saturated heterocycles. The molecule has 2 N–H and O–H groups in total. The quantitative estimate of drug-likeness (QED) is 0.232. The van der Waals surface area contributed by atoms with Gasteiger partial charge in [0.25, 0.3) is 5.91 Å². The Labute approximate surface area is 217 Å². The molecular weight excluding hydrogens is 468 g/mol. The molecule has 1 amide bonds. The molecule has 0 aliphatic carbocycles. The van der Waals surface area contributed by atoms with Gasteiger partial charge in [0.15, 0.2) is 18.1 Å². The number of carbonyl (C=O) groups excluding carboxylic acids is 1. The van der Waals surface area contributed by atoms with Crippen molar-refractivity contribution >= 4 is 17.3 Å². The lowest BCUT2D eigenvalue weighted by Crippen LogP contribution is -2.20. The van der Waals surface area contributed by atoms with Crippen LogP contribution in [0.1, 0.15) is 12.5 Å². The third-order valence-electron chi connectivity index (χ3n) is 5.37. The van der Waals surface area contributed by atoms with Crippen LogP contribution in [0.3, 0.4) is 0 Å². The molecule has 0 unspecified atom stereocenters. The number of rotatable bonds is 12. The number of nitrogens with one attached hydrogen (secondary N) is 2. The first-order valence-electron chi connectivity index (χ1n) is 12.0. The number of hydrogen-bond acceptors (Lipinski definition) is 6. The fourth-order valence-corrected chi connectivity index (χ4v) is 3.53. The van der Waals surface area contributed by atoms with E-state index in [1.165, 1.54) is 0 Å². The van der Waals surface area contributed by atoms with E-state index in [9.17, 15) is 4.79 Å². The highest BCUT2D eigenvalue weighted by atomic mass is 16.5. The predicted octanol–water partition coefficient (Wildman–Crippen LogP) is 6.52. The molecular formula is C30H30N2O5. The van der Waals surface area contributed by atoms with Crippen LogP contribution in [0.5, 0.6) is 28.7 Å². The van der Waals surface area contributed by atoms with Gasteiger partial charge in [0, 0.05) is 17.9 Å². The van der Waals surface area contributed by atoms with Gasteiger partial charge in [-0.05, 0) is 85.3 Å². The Morgan fingerprint density at radius 1 is 0.730 bits per heavy atom. The summed E-state index contributed by atoms with van der Waals surface area (Å²) in [5.74, 6) is 3.13. The maximum Gasteiger partial charge on any atom is 0.262 e. The number of para-hydroxylation sites is 1. The number of hydrogen-bond donors (Lipinski definition) is 2. The van der Waals surface area contributed by atoms with Crippen LogP contribution in [-0.4, -0.2) is 26.2 Å². The third-order valence-corrected chi connectivity index (χ3v) is 5.37. The minimum absolute atomic E-state index is 0.138. The van der Waals surface area contributed by atoms with E-state index in [2.05, 4.69) is 10.6 Å². The van der Waals surface area contributed by atoms with Gasteiger partial charge in [0.05, 0.1) is 13.7 Å². The number of carbonyl (C=O) groups is 1. The normalized spacial score (nSPS) is 10.3. The summed E-state index contributed by atoms with van der Waals surface area (Å²) in [4.78, 5) is 12.3. The zero-order valence-corrected chi connectivity index (χ0v) is 20.9. The monoisotopic (exact) mass is 498 g/mol. The van der Waals surface area contributed by atoms with E-state index >= 15 is 0 Å². The van der Waals surface area contributed by atoms with Gasteiger partial charge >= 0.3 is 0 Å². The zero-order chi connectivity index (χ0) is 25.9. The van der Waals surface area contributed by atoms with E-state index in [4.69, 9.17) is 18.9 Å². The number of ether oxygens (including phenoxy) is 4. The van der Waals surface area contributed by atoms with Crippen LogP contribution in [0.15, 0.2) is 97.1 Å². The van der Waals surface area contributed by atoms with Crippen molar-refractivity contribution in [3.8, 4) is 28.7 Å². The molecule has 7 heteroatoms. The number of benzene rings is 4. The molecule has 0 fully saturated rings. The lowest BCUT2D eigenvalue weighted by atomic mass is 10.2. The molecule has 4 rings (SSSR count). The highest BCUT2D eigenvalue weighted by Gasteiger charge is 2.10. The molecule has 0 spiro atoms. The summed E-state index contributed by atoms with van der Waals surface area (Å²) >= 11 is 0. The third kappa shape index (κ3) is 7.67. The minimum atomic E-state index is -0.266. The van der Waals surface area contributed by atoms with Crippen molar-refractivity contribution in [3.63, 3.8) is 0 Å². The van der Waals surface area contributed by atoms with Crippen molar-refractivity contribution < 1.29 is 23.7 Å². The van der Waals surface area contributed by atoms with Gasteiger partial charge < -0.3 is 29.6 Å². The van der Waals surface area contributed by atoms with E-state index in [1.807, 2.05) is 79.7 Å². The molecule has 4 aromatic rings. The van der Waals surface area contributed by atoms with Gasteiger partial charge in [-0.2, -0.15) is 0 Å². The Kier molecular flexibility index (Phi) is 8.86. The molecule has 37 heavy (non-hydrogen) atoms. The van der Waals surface area contributed by atoms with Crippen molar-refractivity contribution in [1.82, 2.24) is 0 Å². The van der Waals surface area contributed by atoms with Crippen molar-refractivity contribution in [2.45, 2.75) is 13.5 Å². The van der Waals surface area contributed by atoms with Gasteiger partial charge in [0.2, 0.25) is 0 Å². The maximum absolute atomic E-state index is 12.3.